The van der Waals surface area contributed by atoms with Gasteiger partial charge < -0.3 is 5.32 Å². The lowest BCUT2D eigenvalue weighted by Crippen LogP contribution is -2.31. The van der Waals surface area contributed by atoms with Crippen LogP contribution in [0.15, 0.2) is 0 Å². The third kappa shape index (κ3) is 15.2. The second kappa shape index (κ2) is 14.2. The number of nitrogens with one attached hydrogen (secondary N) is 2. The SMILES string of the molecule is CC(C)NCCCCCCCCCCCCNS(=O)(=O)C(C)C. The fraction of sp³-hybridized carbons (Fsp3) is 1.00. The van der Waals surface area contributed by atoms with Crippen LogP contribution in [0.25, 0.3) is 0 Å². The summed E-state index contributed by atoms with van der Waals surface area (Å²) in [5.74, 6) is 0. The van der Waals surface area contributed by atoms with Gasteiger partial charge in [-0.1, -0.05) is 65.2 Å². The molecule has 0 saturated heterocycles. The molecule has 0 radical (unpaired) electrons. The van der Waals surface area contributed by atoms with Crippen molar-refractivity contribution in [2.75, 3.05) is 13.1 Å². The molecule has 0 aliphatic heterocycles. The van der Waals surface area contributed by atoms with E-state index in [2.05, 4.69) is 23.9 Å². The maximum atomic E-state index is 11.5. The summed E-state index contributed by atoms with van der Waals surface area (Å²) in [5, 5.41) is 3.12. The van der Waals surface area contributed by atoms with E-state index in [4.69, 9.17) is 0 Å². The Kier molecular flexibility index (Phi) is 14.2. The standard InChI is InChI=1S/C18H40N2O2S/c1-17(2)19-15-13-11-9-7-5-6-8-10-12-14-16-20-23(21,22)18(3)4/h17-20H,5-16H2,1-4H3. The minimum absolute atomic E-state index is 0.330. The second-order valence-electron chi connectivity index (χ2n) is 7.13. The molecule has 4 nitrogen and oxygen atoms in total. The van der Waals surface area contributed by atoms with Gasteiger partial charge in [-0.15, -0.1) is 0 Å². The first-order valence-electron chi connectivity index (χ1n) is 9.58. The van der Waals surface area contributed by atoms with Crippen molar-refractivity contribution in [3.8, 4) is 0 Å². The molecule has 0 aromatic rings. The van der Waals surface area contributed by atoms with Crippen molar-refractivity contribution < 1.29 is 8.42 Å². The van der Waals surface area contributed by atoms with E-state index in [0.29, 0.717) is 12.6 Å². The minimum atomic E-state index is -3.07. The van der Waals surface area contributed by atoms with Crippen molar-refractivity contribution in [2.24, 2.45) is 0 Å². The lowest BCUT2D eigenvalue weighted by atomic mass is 10.1. The van der Waals surface area contributed by atoms with E-state index in [1.165, 1.54) is 51.4 Å². The van der Waals surface area contributed by atoms with Gasteiger partial charge in [0.15, 0.2) is 0 Å². The molecular formula is C18H40N2O2S. The molecule has 0 aromatic heterocycles. The van der Waals surface area contributed by atoms with E-state index < -0.39 is 10.0 Å². The van der Waals surface area contributed by atoms with Crippen LogP contribution in [0.1, 0.15) is 91.9 Å². The molecule has 0 amide bonds. The summed E-state index contributed by atoms with van der Waals surface area (Å²) in [4.78, 5) is 0. The molecule has 2 N–H and O–H groups in total. The Labute approximate surface area is 145 Å². The van der Waals surface area contributed by atoms with E-state index in [0.717, 1.165) is 19.4 Å². The van der Waals surface area contributed by atoms with E-state index in [1.807, 2.05) is 0 Å². The van der Waals surface area contributed by atoms with Gasteiger partial charge in [0.1, 0.15) is 0 Å². The fourth-order valence-electron chi connectivity index (χ4n) is 2.44. The quantitative estimate of drug-likeness (QED) is 0.411. The first-order chi connectivity index (χ1) is 10.9. The Bertz CT molecular complexity index is 354. The van der Waals surface area contributed by atoms with Crippen LogP contribution in [0.2, 0.25) is 0 Å². The molecule has 5 heteroatoms. The average Bonchev–Trinajstić information content (AvgIpc) is 2.47. The molecule has 0 heterocycles. The van der Waals surface area contributed by atoms with Gasteiger partial charge in [0.05, 0.1) is 5.25 Å². The van der Waals surface area contributed by atoms with Crippen molar-refractivity contribution >= 4 is 10.0 Å². The maximum Gasteiger partial charge on any atom is 0.213 e. The van der Waals surface area contributed by atoms with Crippen LogP contribution in [0.5, 0.6) is 0 Å². The predicted octanol–water partition coefficient (Wildman–Crippen LogP) is 4.21. The van der Waals surface area contributed by atoms with Gasteiger partial charge in [-0.25, -0.2) is 13.1 Å². The zero-order valence-electron chi connectivity index (χ0n) is 15.9. The van der Waals surface area contributed by atoms with Gasteiger partial charge >= 0.3 is 0 Å². The lowest BCUT2D eigenvalue weighted by molar-refractivity contribution is 0.521. The van der Waals surface area contributed by atoms with E-state index >= 15 is 0 Å². The summed E-state index contributed by atoms with van der Waals surface area (Å²) in [6.07, 6.45) is 12.6. The van der Waals surface area contributed by atoms with Crippen LogP contribution in [0.4, 0.5) is 0 Å². The molecular weight excluding hydrogens is 308 g/mol. The van der Waals surface area contributed by atoms with Crippen LogP contribution in [-0.4, -0.2) is 32.8 Å². The van der Waals surface area contributed by atoms with Crippen molar-refractivity contribution in [3.05, 3.63) is 0 Å². The van der Waals surface area contributed by atoms with E-state index in [-0.39, 0.29) is 5.25 Å². The maximum absolute atomic E-state index is 11.5. The van der Waals surface area contributed by atoms with Crippen molar-refractivity contribution in [2.45, 2.75) is 103 Å². The average molecular weight is 349 g/mol. The van der Waals surface area contributed by atoms with Crippen LogP contribution in [0, 0.1) is 0 Å². The number of hydrogen-bond donors (Lipinski definition) is 2. The topological polar surface area (TPSA) is 58.2 Å². The Morgan fingerprint density at radius 1 is 0.652 bits per heavy atom. The van der Waals surface area contributed by atoms with Gasteiger partial charge in [0.2, 0.25) is 10.0 Å². The fourth-order valence-corrected chi connectivity index (χ4v) is 3.20. The van der Waals surface area contributed by atoms with Gasteiger partial charge in [-0.05, 0) is 33.2 Å². The Balaban J connectivity index is 3.20. The molecule has 0 aromatic carbocycles. The highest BCUT2D eigenvalue weighted by Crippen LogP contribution is 2.10. The molecule has 23 heavy (non-hydrogen) atoms. The summed E-state index contributed by atoms with van der Waals surface area (Å²) >= 11 is 0. The molecule has 0 fully saturated rings. The van der Waals surface area contributed by atoms with Gasteiger partial charge in [0.25, 0.3) is 0 Å². The van der Waals surface area contributed by atoms with Crippen LogP contribution >= 0.6 is 0 Å². The summed E-state index contributed by atoms with van der Waals surface area (Å²) in [7, 11) is -3.07. The molecule has 0 bridgehead atoms. The Morgan fingerprint density at radius 2 is 1.04 bits per heavy atom. The number of hydrogen-bond acceptors (Lipinski definition) is 3. The third-order valence-electron chi connectivity index (χ3n) is 4.08. The van der Waals surface area contributed by atoms with E-state index in [9.17, 15) is 8.42 Å². The molecule has 0 unspecified atom stereocenters. The van der Waals surface area contributed by atoms with Crippen molar-refractivity contribution in [1.29, 1.82) is 0 Å². The Morgan fingerprint density at radius 3 is 1.43 bits per heavy atom. The lowest BCUT2D eigenvalue weighted by Gasteiger charge is -2.09. The van der Waals surface area contributed by atoms with Crippen LogP contribution < -0.4 is 10.0 Å². The Hall–Kier alpha value is -0.130. The molecule has 0 aliphatic carbocycles. The molecule has 140 valence electrons. The largest absolute Gasteiger partial charge is 0.315 e. The predicted molar refractivity (Wildman–Crippen MR) is 101 cm³/mol. The monoisotopic (exact) mass is 348 g/mol. The highest BCUT2D eigenvalue weighted by atomic mass is 32.2. The number of unbranched alkanes of at least 4 members (excludes halogenated alkanes) is 9. The minimum Gasteiger partial charge on any atom is -0.315 e. The molecule has 0 rings (SSSR count). The van der Waals surface area contributed by atoms with Gasteiger partial charge in [-0.2, -0.15) is 0 Å². The first-order valence-corrected chi connectivity index (χ1v) is 11.1. The summed E-state index contributed by atoms with van der Waals surface area (Å²) in [6.45, 7) is 9.55. The second-order valence-corrected chi connectivity index (χ2v) is 9.45. The van der Waals surface area contributed by atoms with Crippen LogP contribution in [-0.2, 0) is 10.0 Å². The highest BCUT2D eigenvalue weighted by molar-refractivity contribution is 7.90. The summed E-state index contributed by atoms with van der Waals surface area (Å²) < 4.78 is 25.8. The highest BCUT2D eigenvalue weighted by Gasteiger charge is 2.13. The number of sulfonamides is 1. The normalized spacial score (nSPS) is 12.4. The van der Waals surface area contributed by atoms with Gasteiger partial charge in [0, 0.05) is 12.6 Å². The van der Waals surface area contributed by atoms with E-state index in [1.54, 1.807) is 13.8 Å². The first kappa shape index (κ1) is 22.9. The summed E-state index contributed by atoms with van der Waals surface area (Å²) in [6, 6.07) is 0.607. The smallest absolute Gasteiger partial charge is 0.213 e. The molecule has 0 atom stereocenters. The van der Waals surface area contributed by atoms with Crippen molar-refractivity contribution in [3.63, 3.8) is 0 Å². The van der Waals surface area contributed by atoms with Crippen molar-refractivity contribution in [1.82, 2.24) is 10.0 Å². The van der Waals surface area contributed by atoms with Gasteiger partial charge in [-0.3, -0.25) is 0 Å². The zero-order valence-corrected chi connectivity index (χ0v) is 16.7. The summed E-state index contributed by atoms with van der Waals surface area (Å²) in [5.41, 5.74) is 0. The molecule has 0 spiro atoms. The molecule has 0 saturated carbocycles. The third-order valence-corrected chi connectivity index (χ3v) is 5.93. The van der Waals surface area contributed by atoms with Crippen LogP contribution in [0.3, 0.4) is 0 Å². The molecule has 0 aliphatic rings. The number of rotatable bonds is 16. The zero-order chi connectivity index (χ0) is 17.6.